The molecule has 140 valence electrons. The third kappa shape index (κ3) is 4.66. The van der Waals surface area contributed by atoms with Gasteiger partial charge in [-0.3, -0.25) is 0 Å². The molecule has 0 spiro atoms. The van der Waals surface area contributed by atoms with Crippen LogP contribution < -0.4 is 4.90 Å². The van der Waals surface area contributed by atoms with Gasteiger partial charge in [-0.25, -0.2) is 9.38 Å². The molecule has 0 unspecified atom stereocenters. The van der Waals surface area contributed by atoms with Crippen molar-refractivity contribution in [1.29, 1.82) is 0 Å². The van der Waals surface area contributed by atoms with Gasteiger partial charge in [-0.15, -0.1) is 0 Å². The van der Waals surface area contributed by atoms with Gasteiger partial charge in [-0.05, 0) is 31.2 Å². The number of rotatable bonds is 5. The minimum absolute atomic E-state index is 0.319. The highest BCUT2D eigenvalue weighted by Gasteiger charge is 2.36. The van der Waals surface area contributed by atoms with Crippen molar-refractivity contribution < 1.29 is 17.6 Å². The molecule has 0 amide bonds. The van der Waals surface area contributed by atoms with Crippen LogP contribution in [0.1, 0.15) is 12.5 Å². The lowest BCUT2D eigenvalue weighted by Gasteiger charge is -2.24. The number of aliphatic imine (C=N–C) groups is 1. The summed E-state index contributed by atoms with van der Waals surface area (Å²) in [6, 6.07) is 7.85. The molecule has 0 heterocycles. The first-order chi connectivity index (χ1) is 12.1. The number of alkyl halides is 3. The fourth-order valence-corrected chi connectivity index (χ4v) is 2.41. The summed E-state index contributed by atoms with van der Waals surface area (Å²) < 4.78 is 55.0. The van der Waals surface area contributed by atoms with Crippen LogP contribution in [0.15, 0.2) is 41.4 Å². The first-order valence-electron chi connectivity index (χ1n) is 7.78. The zero-order chi connectivity index (χ0) is 19.5. The van der Waals surface area contributed by atoms with E-state index < -0.39 is 17.6 Å². The third-order valence-electron chi connectivity index (χ3n) is 3.82. The summed E-state index contributed by atoms with van der Waals surface area (Å²) >= 11 is 5.90. The second-order valence-electron chi connectivity index (χ2n) is 5.68. The molecule has 3 nitrogen and oxygen atoms in total. The largest absolute Gasteiger partial charge is 0.418 e. The van der Waals surface area contributed by atoms with E-state index in [4.69, 9.17) is 11.6 Å². The van der Waals surface area contributed by atoms with Gasteiger partial charge in [-0.1, -0.05) is 17.7 Å². The minimum atomic E-state index is -4.67. The Morgan fingerprint density at radius 3 is 2.42 bits per heavy atom. The molecule has 0 radical (unpaired) electrons. The quantitative estimate of drug-likeness (QED) is 0.362. The maximum atomic E-state index is 14.4. The van der Waals surface area contributed by atoms with Crippen molar-refractivity contribution in [2.45, 2.75) is 13.1 Å². The van der Waals surface area contributed by atoms with E-state index in [0.717, 1.165) is 6.07 Å². The first kappa shape index (κ1) is 20.0. The Labute approximate surface area is 154 Å². The van der Waals surface area contributed by atoms with Crippen molar-refractivity contribution in [3.63, 3.8) is 0 Å². The molecule has 0 N–H and O–H groups in total. The van der Waals surface area contributed by atoms with Gasteiger partial charge in [0.15, 0.2) is 5.82 Å². The summed E-state index contributed by atoms with van der Waals surface area (Å²) in [5.74, 6) is -0.845. The van der Waals surface area contributed by atoms with Gasteiger partial charge in [0, 0.05) is 37.4 Å². The second-order valence-corrected chi connectivity index (χ2v) is 6.11. The van der Waals surface area contributed by atoms with Crippen molar-refractivity contribution in [2.24, 2.45) is 4.99 Å². The maximum absolute atomic E-state index is 14.4. The number of anilines is 2. The van der Waals surface area contributed by atoms with Gasteiger partial charge in [0.25, 0.3) is 0 Å². The second kappa shape index (κ2) is 7.95. The van der Waals surface area contributed by atoms with E-state index >= 15 is 0 Å². The summed E-state index contributed by atoms with van der Waals surface area (Å²) in [4.78, 5) is 6.69. The summed E-state index contributed by atoms with van der Waals surface area (Å²) in [7, 11) is 3.11. The topological polar surface area (TPSA) is 18.8 Å². The molecule has 2 aromatic carbocycles. The Bertz CT molecular complexity index is 806. The molecular formula is C18H18ClF4N3. The number of nitrogens with zero attached hydrogens (tertiary/aromatic N) is 3. The molecule has 0 fully saturated rings. The fourth-order valence-electron chi connectivity index (χ4n) is 2.22. The van der Waals surface area contributed by atoms with Gasteiger partial charge in [0.2, 0.25) is 0 Å². The molecule has 26 heavy (non-hydrogen) atoms. The van der Waals surface area contributed by atoms with Crippen LogP contribution in [0.3, 0.4) is 0 Å². The lowest BCUT2D eigenvalue weighted by atomic mass is 10.1. The minimum Gasteiger partial charge on any atom is -0.366 e. The van der Waals surface area contributed by atoms with Crippen LogP contribution >= 0.6 is 11.6 Å². The van der Waals surface area contributed by atoms with E-state index in [2.05, 4.69) is 4.99 Å². The van der Waals surface area contributed by atoms with Gasteiger partial charge in [-0.2, -0.15) is 13.2 Å². The zero-order valence-corrected chi connectivity index (χ0v) is 15.2. The number of hydrogen-bond donors (Lipinski definition) is 0. The molecule has 0 bridgehead atoms. The number of benzene rings is 2. The SMILES string of the molecule is CCN(C)C=Nc1cc(C(F)(F)F)c(N(C)c2cccc(Cl)c2)cc1F. The Morgan fingerprint density at radius 1 is 1.15 bits per heavy atom. The van der Waals surface area contributed by atoms with E-state index in [1.807, 2.05) is 6.92 Å². The number of halogens is 5. The fraction of sp³-hybridized carbons (Fsp3) is 0.278. The van der Waals surface area contributed by atoms with E-state index in [1.54, 1.807) is 30.1 Å². The summed E-state index contributed by atoms with van der Waals surface area (Å²) in [5.41, 5.74) is -1.27. The van der Waals surface area contributed by atoms with Crippen molar-refractivity contribution in [3.05, 3.63) is 52.8 Å². The highest BCUT2D eigenvalue weighted by molar-refractivity contribution is 6.30. The number of hydrogen-bond acceptors (Lipinski definition) is 2. The monoisotopic (exact) mass is 387 g/mol. The third-order valence-corrected chi connectivity index (χ3v) is 4.06. The standard InChI is InChI=1S/C18H18ClF4N3/c1-4-25(2)11-24-16-9-14(18(21,22)23)17(10-15(16)20)26(3)13-7-5-6-12(19)8-13/h5-11H,4H2,1-3H3. The van der Waals surface area contributed by atoms with Crippen LogP contribution in [0.4, 0.5) is 34.6 Å². The van der Waals surface area contributed by atoms with E-state index in [0.29, 0.717) is 23.3 Å². The van der Waals surface area contributed by atoms with Gasteiger partial charge in [0.1, 0.15) is 5.69 Å². The van der Waals surface area contributed by atoms with E-state index in [1.165, 1.54) is 24.4 Å². The summed E-state index contributed by atoms with van der Waals surface area (Å²) in [6.07, 6.45) is -3.38. The summed E-state index contributed by atoms with van der Waals surface area (Å²) in [5, 5.41) is 0.368. The Morgan fingerprint density at radius 2 is 1.85 bits per heavy atom. The van der Waals surface area contributed by atoms with Gasteiger partial charge in [0.05, 0.1) is 17.6 Å². The molecule has 0 aliphatic carbocycles. The maximum Gasteiger partial charge on any atom is 0.418 e. The molecule has 8 heteroatoms. The van der Waals surface area contributed by atoms with Crippen LogP contribution in [0.5, 0.6) is 0 Å². The van der Waals surface area contributed by atoms with Crippen molar-refractivity contribution in [3.8, 4) is 0 Å². The molecule has 0 aliphatic rings. The van der Waals surface area contributed by atoms with Crippen LogP contribution in [0, 0.1) is 5.82 Å². The van der Waals surface area contributed by atoms with Crippen LogP contribution in [0.2, 0.25) is 5.02 Å². The molecule has 0 aliphatic heterocycles. The molecule has 0 aromatic heterocycles. The molecule has 0 saturated heterocycles. The van der Waals surface area contributed by atoms with Crippen molar-refractivity contribution in [2.75, 3.05) is 25.5 Å². The smallest absolute Gasteiger partial charge is 0.366 e. The Balaban J connectivity index is 2.55. The average Bonchev–Trinajstić information content (AvgIpc) is 2.58. The summed E-state index contributed by atoms with van der Waals surface area (Å²) in [6.45, 7) is 2.43. The molecule has 0 saturated carbocycles. The van der Waals surface area contributed by atoms with Crippen LogP contribution in [-0.4, -0.2) is 31.9 Å². The first-order valence-corrected chi connectivity index (χ1v) is 8.15. The Kier molecular flexibility index (Phi) is 6.13. The molecule has 2 aromatic rings. The van der Waals surface area contributed by atoms with Crippen LogP contribution in [-0.2, 0) is 6.18 Å². The van der Waals surface area contributed by atoms with Gasteiger partial charge < -0.3 is 9.80 Å². The lowest BCUT2D eigenvalue weighted by Crippen LogP contribution is -2.17. The van der Waals surface area contributed by atoms with Crippen molar-refractivity contribution in [1.82, 2.24) is 4.90 Å². The highest BCUT2D eigenvalue weighted by Crippen LogP contribution is 2.41. The molecular weight excluding hydrogens is 370 g/mol. The predicted octanol–water partition coefficient (Wildman–Crippen LogP) is 5.88. The molecule has 0 atom stereocenters. The van der Waals surface area contributed by atoms with Crippen LogP contribution in [0.25, 0.3) is 0 Å². The Hall–Kier alpha value is -2.28. The predicted molar refractivity (Wildman–Crippen MR) is 97.4 cm³/mol. The van der Waals surface area contributed by atoms with E-state index in [9.17, 15) is 17.6 Å². The normalized spacial score (nSPS) is 11.8. The van der Waals surface area contributed by atoms with Gasteiger partial charge >= 0.3 is 6.18 Å². The van der Waals surface area contributed by atoms with Crippen molar-refractivity contribution >= 4 is 35.0 Å². The average molecular weight is 388 g/mol. The van der Waals surface area contributed by atoms with E-state index in [-0.39, 0.29) is 11.4 Å². The highest BCUT2D eigenvalue weighted by atomic mass is 35.5. The molecule has 2 rings (SSSR count). The zero-order valence-electron chi connectivity index (χ0n) is 14.5. The lowest BCUT2D eigenvalue weighted by molar-refractivity contribution is -0.137.